The maximum absolute atomic E-state index is 12.5. The van der Waals surface area contributed by atoms with E-state index in [1.165, 1.54) is 0 Å². The highest BCUT2D eigenvalue weighted by molar-refractivity contribution is 5.97. The minimum Gasteiger partial charge on any atom is -0.399 e. The summed E-state index contributed by atoms with van der Waals surface area (Å²) in [5, 5.41) is 10.6. The zero-order chi connectivity index (χ0) is 15.6. The number of nitrogens with zero attached hydrogens (tertiary/aromatic N) is 3. The number of nitrogen functional groups attached to an aromatic ring is 1. The van der Waals surface area contributed by atoms with E-state index in [-0.39, 0.29) is 11.9 Å². The van der Waals surface area contributed by atoms with Gasteiger partial charge in [-0.15, -0.1) is 5.10 Å². The van der Waals surface area contributed by atoms with Crippen molar-refractivity contribution in [2.24, 2.45) is 0 Å². The van der Waals surface area contributed by atoms with E-state index in [4.69, 9.17) is 5.73 Å². The van der Waals surface area contributed by atoms with Gasteiger partial charge in [0.1, 0.15) is 0 Å². The fourth-order valence-electron chi connectivity index (χ4n) is 1.80. The lowest BCUT2D eigenvalue weighted by Gasteiger charge is -2.23. The zero-order valence-electron chi connectivity index (χ0n) is 12.6. The SMILES string of the molecule is Cc1nnc(NC(=O)C(C)(C)c2ccc(N)cc2)nc1C. The molecule has 1 heterocycles. The van der Waals surface area contributed by atoms with E-state index in [2.05, 4.69) is 20.5 Å². The number of hydrogen-bond donors (Lipinski definition) is 2. The third-order valence-electron chi connectivity index (χ3n) is 3.52. The van der Waals surface area contributed by atoms with E-state index in [1.54, 1.807) is 12.1 Å². The molecular weight excluding hydrogens is 266 g/mol. The van der Waals surface area contributed by atoms with Crippen LogP contribution in [0.15, 0.2) is 24.3 Å². The van der Waals surface area contributed by atoms with Gasteiger partial charge in [-0.2, -0.15) is 5.10 Å². The van der Waals surface area contributed by atoms with Gasteiger partial charge in [-0.25, -0.2) is 4.98 Å². The molecule has 110 valence electrons. The summed E-state index contributed by atoms with van der Waals surface area (Å²) in [5.74, 6) is 0.0175. The Morgan fingerprint density at radius 1 is 1.10 bits per heavy atom. The molecule has 1 aromatic heterocycles. The normalized spacial score (nSPS) is 11.2. The fourth-order valence-corrected chi connectivity index (χ4v) is 1.80. The number of anilines is 2. The Balaban J connectivity index is 2.21. The topological polar surface area (TPSA) is 93.8 Å². The van der Waals surface area contributed by atoms with Crippen LogP contribution in [-0.2, 0) is 10.2 Å². The van der Waals surface area contributed by atoms with Gasteiger partial charge in [0.05, 0.1) is 16.8 Å². The summed E-state index contributed by atoms with van der Waals surface area (Å²) in [6.45, 7) is 7.31. The van der Waals surface area contributed by atoms with E-state index < -0.39 is 5.41 Å². The molecule has 0 saturated heterocycles. The molecule has 1 amide bonds. The van der Waals surface area contributed by atoms with Crippen LogP contribution in [0.1, 0.15) is 30.8 Å². The number of rotatable bonds is 3. The van der Waals surface area contributed by atoms with Crippen molar-refractivity contribution in [1.29, 1.82) is 0 Å². The lowest BCUT2D eigenvalue weighted by Crippen LogP contribution is -2.35. The van der Waals surface area contributed by atoms with Crippen molar-refractivity contribution >= 4 is 17.5 Å². The van der Waals surface area contributed by atoms with Crippen LogP contribution in [-0.4, -0.2) is 21.1 Å². The summed E-state index contributed by atoms with van der Waals surface area (Å²) in [4.78, 5) is 16.7. The Bertz CT molecular complexity index is 664. The van der Waals surface area contributed by atoms with Crippen molar-refractivity contribution in [3.63, 3.8) is 0 Å². The molecule has 0 bridgehead atoms. The van der Waals surface area contributed by atoms with Crippen molar-refractivity contribution in [2.75, 3.05) is 11.1 Å². The predicted molar refractivity (Wildman–Crippen MR) is 81.8 cm³/mol. The fraction of sp³-hybridized carbons (Fsp3) is 0.333. The molecular formula is C15H19N5O. The summed E-state index contributed by atoms with van der Waals surface area (Å²) in [7, 11) is 0. The highest BCUT2D eigenvalue weighted by Gasteiger charge is 2.30. The van der Waals surface area contributed by atoms with Crippen LogP contribution in [0.4, 0.5) is 11.6 Å². The van der Waals surface area contributed by atoms with Gasteiger partial charge in [-0.3, -0.25) is 10.1 Å². The van der Waals surface area contributed by atoms with Gasteiger partial charge in [0.15, 0.2) is 0 Å². The quantitative estimate of drug-likeness (QED) is 0.841. The second-order valence-electron chi connectivity index (χ2n) is 5.51. The van der Waals surface area contributed by atoms with Gasteiger partial charge < -0.3 is 5.73 Å². The third kappa shape index (κ3) is 3.16. The van der Waals surface area contributed by atoms with E-state index in [0.717, 1.165) is 17.0 Å². The molecule has 0 aliphatic rings. The monoisotopic (exact) mass is 285 g/mol. The van der Waals surface area contributed by atoms with Crippen molar-refractivity contribution in [2.45, 2.75) is 33.1 Å². The molecule has 1 aromatic carbocycles. The van der Waals surface area contributed by atoms with Crippen LogP contribution < -0.4 is 11.1 Å². The second-order valence-corrected chi connectivity index (χ2v) is 5.51. The zero-order valence-corrected chi connectivity index (χ0v) is 12.6. The molecule has 2 rings (SSSR count). The Morgan fingerprint density at radius 3 is 2.29 bits per heavy atom. The van der Waals surface area contributed by atoms with Crippen LogP contribution >= 0.6 is 0 Å². The number of nitrogens with two attached hydrogens (primary N) is 1. The third-order valence-corrected chi connectivity index (χ3v) is 3.52. The first kappa shape index (κ1) is 14.9. The van der Waals surface area contributed by atoms with Gasteiger partial charge in [0, 0.05) is 5.69 Å². The molecule has 2 aromatic rings. The number of hydrogen-bond acceptors (Lipinski definition) is 5. The number of aromatic nitrogens is 3. The van der Waals surface area contributed by atoms with Gasteiger partial charge in [0.2, 0.25) is 11.9 Å². The van der Waals surface area contributed by atoms with Crippen molar-refractivity contribution in [1.82, 2.24) is 15.2 Å². The minimum atomic E-state index is -0.726. The Hall–Kier alpha value is -2.50. The average molecular weight is 285 g/mol. The van der Waals surface area contributed by atoms with Gasteiger partial charge in [0.25, 0.3) is 0 Å². The molecule has 0 aliphatic carbocycles. The van der Waals surface area contributed by atoms with E-state index in [9.17, 15) is 4.79 Å². The summed E-state index contributed by atoms with van der Waals surface area (Å²) in [6, 6.07) is 7.24. The summed E-state index contributed by atoms with van der Waals surface area (Å²) >= 11 is 0. The first-order valence-corrected chi connectivity index (χ1v) is 6.66. The highest BCUT2D eigenvalue weighted by atomic mass is 16.2. The number of amides is 1. The smallest absolute Gasteiger partial charge is 0.249 e. The molecule has 0 saturated carbocycles. The summed E-state index contributed by atoms with van der Waals surface area (Å²) in [5.41, 5.74) is 7.96. The first-order valence-electron chi connectivity index (χ1n) is 6.66. The van der Waals surface area contributed by atoms with Crippen LogP contribution in [0.3, 0.4) is 0 Å². The standard InChI is InChI=1S/C15H19N5O/c1-9-10(2)19-20-14(17-9)18-13(21)15(3,4)11-5-7-12(16)8-6-11/h5-8H,16H2,1-4H3,(H,17,18,20,21). The summed E-state index contributed by atoms with van der Waals surface area (Å²) < 4.78 is 0. The molecule has 3 N–H and O–H groups in total. The largest absolute Gasteiger partial charge is 0.399 e. The molecule has 6 heteroatoms. The van der Waals surface area contributed by atoms with E-state index in [1.807, 2.05) is 39.8 Å². The second kappa shape index (κ2) is 5.47. The number of nitrogens with one attached hydrogen (secondary N) is 1. The van der Waals surface area contributed by atoms with Gasteiger partial charge >= 0.3 is 0 Å². The number of aryl methyl sites for hydroxylation is 2. The van der Waals surface area contributed by atoms with E-state index in [0.29, 0.717) is 5.69 Å². The van der Waals surface area contributed by atoms with Gasteiger partial charge in [-0.1, -0.05) is 12.1 Å². The predicted octanol–water partition coefficient (Wildman–Crippen LogP) is 1.99. The lowest BCUT2D eigenvalue weighted by atomic mass is 9.83. The number of benzene rings is 1. The minimum absolute atomic E-state index is 0.197. The van der Waals surface area contributed by atoms with Crippen LogP contribution in [0.2, 0.25) is 0 Å². The molecule has 0 aliphatic heterocycles. The molecule has 0 unspecified atom stereocenters. The Kier molecular flexibility index (Phi) is 3.88. The van der Waals surface area contributed by atoms with Crippen molar-refractivity contribution in [3.05, 3.63) is 41.2 Å². The maximum Gasteiger partial charge on any atom is 0.249 e. The molecule has 0 radical (unpaired) electrons. The van der Waals surface area contributed by atoms with Crippen molar-refractivity contribution in [3.8, 4) is 0 Å². The molecule has 0 spiro atoms. The average Bonchev–Trinajstić information content (AvgIpc) is 2.43. The van der Waals surface area contributed by atoms with Crippen LogP contribution in [0.5, 0.6) is 0 Å². The first-order chi connectivity index (χ1) is 9.80. The Labute approximate surface area is 123 Å². The molecule has 21 heavy (non-hydrogen) atoms. The molecule has 0 atom stereocenters. The molecule has 0 fully saturated rings. The van der Waals surface area contributed by atoms with Gasteiger partial charge in [-0.05, 0) is 45.4 Å². The van der Waals surface area contributed by atoms with Crippen LogP contribution in [0.25, 0.3) is 0 Å². The van der Waals surface area contributed by atoms with Crippen molar-refractivity contribution < 1.29 is 4.79 Å². The number of carbonyl (C=O) groups excluding carboxylic acids is 1. The Morgan fingerprint density at radius 2 is 1.71 bits per heavy atom. The number of carbonyl (C=O) groups is 1. The van der Waals surface area contributed by atoms with E-state index >= 15 is 0 Å². The van der Waals surface area contributed by atoms with Crippen LogP contribution in [0, 0.1) is 13.8 Å². The maximum atomic E-state index is 12.5. The molecule has 6 nitrogen and oxygen atoms in total. The lowest BCUT2D eigenvalue weighted by molar-refractivity contribution is -0.120. The summed E-state index contributed by atoms with van der Waals surface area (Å²) in [6.07, 6.45) is 0. The highest BCUT2D eigenvalue weighted by Crippen LogP contribution is 2.25.